The standard InChI is InChI=1S/C27H30N4O2/c1-20-14-16-31(17-15-20)24-13-12-21(18-28-24)19-29-27(33)25(22-8-4-2-5-9-22)30-26(32)23-10-6-3-7-11-23/h2-13,18,20,25H,14-17,19H2,1H3,(H,29,33)(H,30,32). The average Bonchev–Trinajstić information content (AvgIpc) is 2.87. The number of carbonyl (C=O) groups is 2. The van der Waals surface area contributed by atoms with Crippen LogP contribution in [-0.4, -0.2) is 29.9 Å². The molecule has 2 aromatic carbocycles. The lowest BCUT2D eigenvalue weighted by molar-refractivity contribution is -0.123. The fourth-order valence-electron chi connectivity index (χ4n) is 3.99. The summed E-state index contributed by atoms with van der Waals surface area (Å²) in [7, 11) is 0. The van der Waals surface area contributed by atoms with E-state index in [1.807, 2.05) is 54.7 Å². The van der Waals surface area contributed by atoms with Crippen LogP contribution in [0.4, 0.5) is 5.82 Å². The van der Waals surface area contributed by atoms with Gasteiger partial charge in [0.2, 0.25) is 5.91 Å². The summed E-state index contributed by atoms with van der Waals surface area (Å²) in [6, 6.07) is 21.4. The fourth-order valence-corrected chi connectivity index (χ4v) is 3.99. The molecule has 1 saturated heterocycles. The van der Waals surface area contributed by atoms with E-state index in [1.54, 1.807) is 24.3 Å². The van der Waals surface area contributed by atoms with Crippen LogP contribution in [0.3, 0.4) is 0 Å². The molecule has 2 amide bonds. The SMILES string of the molecule is CC1CCN(c2ccc(CNC(=O)C(NC(=O)c3ccccc3)c3ccccc3)cn2)CC1. The van der Waals surface area contributed by atoms with Crippen molar-refractivity contribution in [3.05, 3.63) is 95.7 Å². The van der Waals surface area contributed by atoms with Gasteiger partial charge in [-0.1, -0.05) is 61.5 Å². The molecule has 0 bridgehead atoms. The van der Waals surface area contributed by atoms with Gasteiger partial charge >= 0.3 is 0 Å². The van der Waals surface area contributed by atoms with Crippen molar-refractivity contribution in [3.8, 4) is 0 Å². The minimum Gasteiger partial charge on any atom is -0.357 e. The number of pyridine rings is 1. The fraction of sp³-hybridized carbons (Fsp3) is 0.296. The smallest absolute Gasteiger partial charge is 0.252 e. The Hall–Kier alpha value is -3.67. The Bertz CT molecular complexity index is 1050. The first-order valence-electron chi connectivity index (χ1n) is 11.5. The number of rotatable bonds is 7. The van der Waals surface area contributed by atoms with Gasteiger partial charge in [-0.3, -0.25) is 9.59 Å². The van der Waals surface area contributed by atoms with E-state index in [-0.39, 0.29) is 11.8 Å². The Kier molecular flexibility index (Phi) is 7.35. The van der Waals surface area contributed by atoms with E-state index in [9.17, 15) is 9.59 Å². The molecule has 1 atom stereocenters. The highest BCUT2D eigenvalue weighted by molar-refractivity contribution is 5.97. The third kappa shape index (κ3) is 5.98. The van der Waals surface area contributed by atoms with Crippen LogP contribution in [0.2, 0.25) is 0 Å². The van der Waals surface area contributed by atoms with Crippen molar-refractivity contribution < 1.29 is 9.59 Å². The zero-order valence-electron chi connectivity index (χ0n) is 18.9. The van der Waals surface area contributed by atoms with E-state index in [0.717, 1.165) is 36.0 Å². The number of carbonyl (C=O) groups excluding carboxylic acids is 2. The number of amides is 2. The van der Waals surface area contributed by atoms with Gasteiger partial charge in [0.25, 0.3) is 5.91 Å². The third-order valence-corrected chi connectivity index (χ3v) is 6.09. The van der Waals surface area contributed by atoms with Crippen LogP contribution in [0.5, 0.6) is 0 Å². The second-order valence-electron chi connectivity index (χ2n) is 8.60. The molecule has 2 heterocycles. The maximum absolute atomic E-state index is 13.1. The Morgan fingerprint density at radius 1 is 0.970 bits per heavy atom. The van der Waals surface area contributed by atoms with E-state index in [0.29, 0.717) is 12.1 Å². The number of nitrogens with one attached hydrogen (secondary N) is 2. The molecule has 0 aliphatic carbocycles. The molecule has 6 nitrogen and oxygen atoms in total. The molecule has 1 aliphatic heterocycles. The van der Waals surface area contributed by atoms with Crippen molar-refractivity contribution in [2.45, 2.75) is 32.4 Å². The van der Waals surface area contributed by atoms with Crippen LogP contribution in [0, 0.1) is 5.92 Å². The first kappa shape index (κ1) is 22.5. The lowest BCUT2D eigenvalue weighted by atomic mass is 9.99. The second kappa shape index (κ2) is 10.8. The van der Waals surface area contributed by atoms with Crippen molar-refractivity contribution in [1.29, 1.82) is 0 Å². The summed E-state index contributed by atoms with van der Waals surface area (Å²) >= 11 is 0. The Morgan fingerprint density at radius 2 is 1.64 bits per heavy atom. The van der Waals surface area contributed by atoms with Gasteiger partial charge in [0, 0.05) is 31.4 Å². The number of anilines is 1. The van der Waals surface area contributed by atoms with Crippen LogP contribution in [0.1, 0.15) is 47.3 Å². The van der Waals surface area contributed by atoms with E-state index >= 15 is 0 Å². The third-order valence-electron chi connectivity index (χ3n) is 6.09. The van der Waals surface area contributed by atoms with Crippen molar-refractivity contribution in [2.75, 3.05) is 18.0 Å². The Morgan fingerprint density at radius 3 is 2.27 bits per heavy atom. The van der Waals surface area contributed by atoms with Crippen LogP contribution < -0.4 is 15.5 Å². The zero-order valence-corrected chi connectivity index (χ0v) is 18.9. The van der Waals surface area contributed by atoms with E-state index in [1.165, 1.54) is 12.8 Å². The molecule has 1 aromatic heterocycles. The molecule has 1 fully saturated rings. The summed E-state index contributed by atoms with van der Waals surface area (Å²) in [5.41, 5.74) is 2.16. The number of benzene rings is 2. The molecule has 1 aliphatic rings. The number of aromatic nitrogens is 1. The van der Waals surface area contributed by atoms with Crippen LogP contribution in [-0.2, 0) is 11.3 Å². The second-order valence-corrected chi connectivity index (χ2v) is 8.60. The van der Waals surface area contributed by atoms with Gasteiger partial charge in [-0.2, -0.15) is 0 Å². The maximum Gasteiger partial charge on any atom is 0.252 e. The van der Waals surface area contributed by atoms with Crippen molar-refractivity contribution in [3.63, 3.8) is 0 Å². The summed E-state index contributed by atoms with van der Waals surface area (Å²) < 4.78 is 0. The first-order valence-corrected chi connectivity index (χ1v) is 11.5. The van der Waals surface area contributed by atoms with Gasteiger partial charge in [0.05, 0.1) is 0 Å². The minimum absolute atomic E-state index is 0.264. The molecule has 3 aromatic rings. The van der Waals surface area contributed by atoms with Gasteiger partial charge < -0.3 is 15.5 Å². The average molecular weight is 443 g/mol. The van der Waals surface area contributed by atoms with Gasteiger partial charge in [-0.25, -0.2) is 4.98 Å². The van der Waals surface area contributed by atoms with Crippen molar-refractivity contribution >= 4 is 17.6 Å². The molecule has 2 N–H and O–H groups in total. The quantitative estimate of drug-likeness (QED) is 0.578. The Balaban J connectivity index is 1.40. The summed E-state index contributed by atoms with van der Waals surface area (Å²) in [4.78, 5) is 32.7. The van der Waals surface area contributed by atoms with Gasteiger partial charge in [-0.05, 0) is 48.1 Å². The molecule has 170 valence electrons. The number of hydrogen-bond donors (Lipinski definition) is 2. The van der Waals surface area contributed by atoms with E-state index < -0.39 is 6.04 Å². The van der Waals surface area contributed by atoms with Gasteiger partial charge in [-0.15, -0.1) is 0 Å². The summed E-state index contributed by atoms with van der Waals surface area (Å²) in [6.45, 7) is 4.70. The highest BCUT2D eigenvalue weighted by atomic mass is 16.2. The van der Waals surface area contributed by atoms with Crippen molar-refractivity contribution in [2.24, 2.45) is 5.92 Å². The number of hydrogen-bond acceptors (Lipinski definition) is 4. The maximum atomic E-state index is 13.1. The monoisotopic (exact) mass is 442 g/mol. The summed E-state index contributed by atoms with van der Waals surface area (Å²) in [5, 5.41) is 5.82. The highest BCUT2D eigenvalue weighted by Crippen LogP contribution is 2.21. The van der Waals surface area contributed by atoms with Crippen LogP contribution in [0.15, 0.2) is 79.0 Å². The first-order chi connectivity index (χ1) is 16.1. The highest BCUT2D eigenvalue weighted by Gasteiger charge is 2.23. The van der Waals surface area contributed by atoms with E-state index in [2.05, 4.69) is 27.4 Å². The molecular weight excluding hydrogens is 412 g/mol. The summed E-state index contributed by atoms with van der Waals surface area (Å²) in [5.74, 6) is 1.20. The van der Waals surface area contributed by atoms with E-state index in [4.69, 9.17) is 0 Å². The molecule has 0 radical (unpaired) electrons. The number of nitrogens with zero attached hydrogens (tertiary/aromatic N) is 2. The van der Waals surface area contributed by atoms with Gasteiger partial charge in [0.15, 0.2) is 0 Å². The molecule has 0 spiro atoms. The molecule has 4 rings (SSSR count). The lowest BCUT2D eigenvalue weighted by Gasteiger charge is -2.31. The topological polar surface area (TPSA) is 74.3 Å². The Labute approximate surface area is 195 Å². The predicted octanol–water partition coefficient (Wildman–Crippen LogP) is 4.11. The molecule has 6 heteroatoms. The zero-order chi connectivity index (χ0) is 23.0. The number of piperidine rings is 1. The summed E-state index contributed by atoms with van der Waals surface area (Å²) in [6.07, 6.45) is 4.19. The largest absolute Gasteiger partial charge is 0.357 e. The lowest BCUT2D eigenvalue weighted by Crippen LogP contribution is -2.40. The van der Waals surface area contributed by atoms with Crippen LogP contribution >= 0.6 is 0 Å². The normalized spacial score (nSPS) is 15.0. The van der Waals surface area contributed by atoms with Crippen LogP contribution in [0.25, 0.3) is 0 Å². The molecule has 0 saturated carbocycles. The molecular formula is C27H30N4O2. The molecule has 33 heavy (non-hydrogen) atoms. The minimum atomic E-state index is -0.790. The molecule has 1 unspecified atom stereocenters. The van der Waals surface area contributed by atoms with Crippen molar-refractivity contribution in [1.82, 2.24) is 15.6 Å². The van der Waals surface area contributed by atoms with Gasteiger partial charge in [0.1, 0.15) is 11.9 Å². The predicted molar refractivity (Wildman–Crippen MR) is 130 cm³/mol.